The molecule has 0 aliphatic carbocycles. The van der Waals surface area contributed by atoms with Gasteiger partial charge in [0.25, 0.3) is 0 Å². The molecule has 2 heterocycles. The monoisotopic (exact) mass is 669 g/mol. The summed E-state index contributed by atoms with van der Waals surface area (Å²) in [5.41, 5.74) is 2.65. The predicted molar refractivity (Wildman–Crippen MR) is 116 cm³/mol. The minimum absolute atomic E-state index is 0. The Bertz CT molecular complexity index is 736. The van der Waals surface area contributed by atoms with Gasteiger partial charge < -0.3 is 18.6 Å². The molecular formula is C22H29ClN2OPtRu-4. The number of benzene rings is 1. The second-order valence-corrected chi connectivity index (χ2v) is 5.22. The van der Waals surface area contributed by atoms with Crippen molar-refractivity contribution in [2.24, 2.45) is 0 Å². The third-order valence-corrected chi connectivity index (χ3v) is 3.20. The molecule has 1 aromatic carbocycles. The number of hydrogen-bond acceptors (Lipinski definition) is 3. The van der Waals surface area contributed by atoms with Gasteiger partial charge in [0.15, 0.2) is 0 Å². The SMILES string of the molecule is [CH-]=O.[CH2-]CCC.[CH2-]CCC.[CH2-]c1ccc2ccc3cccnc3c2n1.[Cl][RuH].[Pt]. The van der Waals surface area contributed by atoms with Crippen molar-refractivity contribution in [1.29, 1.82) is 0 Å². The molecule has 0 saturated heterocycles. The third kappa shape index (κ3) is 12.6. The van der Waals surface area contributed by atoms with E-state index in [2.05, 4.69) is 73.2 Å². The molecule has 6 heteroatoms. The smallest absolute Gasteiger partial charge is 0 e. The summed E-state index contributed by atoms with van der Waals surface area (Å²) in [6.45, 7) is 18.5. The maximum atomic E-state index is 7.75. The summed E-state index contributed by atoms with van der Waals surface area (Å²) in [6.07, 6.45) is 6.35. The molecule has 0 radical (unpaired) electrons. The van der Waals surface area contributed by atoms with Crippen molar-refractivity contribution in [3.63, 3.8) is 0 Å². The molecule has 0 N–H and O–H groups in total. The molecule has 0 atom stereocenters. The van der Waals surface area contributed by atoms with E-state index in [1.807, 2.05) is 24.3 Å². The van der Waals surface area contributed by atoms with E-state index < -0.39 is 0 Å². The first-order valence-electron chi connectivity index (χ1n) is 8.60. The minimum atomic E-state index is 0. The number of unbranched alkanes of at least 4 members (excludes halogenated alkanes) is 2. The Kier molecular flexibility index (Phi) is 25.6. The van der Waals surface area contributed by atoms with E-state index in [4.69, 9.17) is 4.79 Å². The first-order chi connectivity index (χ1) is 13.2. The van der Waals surface area contributed by atoms with Crippen LogP contribution in [-0.4, -0.2) is 16.8 Å². The molecule has 0 saturated carbocycles. The molecule has 28 heavy (non-hydrogen) atoms. The minimum Gasteiger partial charge on any atom is 0 e. The molecule has 0 spiro atoms. The van der Waals surface area contributed by atoms with Gasteiger partial charge in [-0.1, -0.05) is 44.9 Å². The molecule has 0 unspecified atom stereocenters. The van der Waals surface area contributed by atoms with Gasteiger partial charge in [-0.25, -0.2) is 6.92 Å². The van der Waals surface area contributed by atoms with Crippen LogP contribution in [0.1, 0.15) is 45.2 Å². The first-order valence-corrected chi connectivity index (χ1v) is 11.0. The molecule has 162 valence electrons. The van der Waals surface area contributed by atoms with Crippen LogP contribution < -0.4 is 0 Å². The number of aromatic nitrogens is 2. The van der Waals surface area contributed by atoms with E-state index in [1.54, 1.807) is 23.5 Å². The Balaban J connectivity index is -0.000000409. The van der Waals surface area contributed by atoms with E-state index in [1.165, 1.54) is 12.8 Å². The Morgan fingerprint density at radius 3 is 1.82 bits per heavy atom. The molecule has 0 aliphatic heterocycles. The number of hydrogen-bond donors (Lipinski definition) is 0. The molecule has 0 amide bonds. The van der Waals surface area contributed by atoms with Crippen molar-refractivity contribution >= 4 is 38.3 Å². The fraction of sp³-hybridized carbons (Fsp3) is 0.273. The van der Waals surface area contributed by atoms with Crippen molar-refractivity contribution in [3.8, 4) is 0 Å². The Morgan fingerprint density at radius 1 is 0.929 bits per heavy atom. The van der Waals surface area contributed by atoms with Gasteiger partial charge in [0.05, 0.1) is 11.0 Å². The van der Waals surface area contributed by atoms with E-state index in [9.17, 15) is 0 Å². The fourth-order valence-corrected chi connectivity index (χ4v) is 1.76. The van der Waals surface area contributed by atoms with Gasteiger partial charge in [0.2, 0.25) is 0 Å². The van der Waals surface area contributed by atoms with Crippen LogP contribution in [0, 0.1) is 20.8 Å². The van der Waals surface area contributed by atoms with Crippen molar-refractivity contribution in [2.45, 2.75) is 39.5 Å². The number of pyridine rings is 2. The van der Waals surface area contributed by atoms with Crippen LogP contribution in [0.15, 0.2) is 42.6 Å². The van der Waals surface area contributed by atoms with Gasteiger partial charge in [-0.3, -0.25) is 16.8 Å². The largest absolute Gasteiger partial charge is 0 e. The van der Waals surface area contributed by atoms with Crippen molar-refractivity contribution in [3.05, 3.63) is 69.1 Å². The first kappa shape index (κ1) is 31.9. The Labute approximate surface area is 199 Å². The summed E-state index contributed by atoms with van der Waals surface area (Å²) >= 11 is 1.62. The molecule has 3 aromatic rings. The quantitative estimate of drug-likeness (QED) is 0.138. The van der Waals surface area contributed by atoms with E-state index in [0.29, 0.717) is 0 Å². The topological polar surface area (TPSA) is 42.9 Å². The summed E-state index contributed by atoms with van der Waals surface area (Å²) in [4.78, 5) is 16.5. The number of halogens is 1. The van der Waals surface area contributed by atoms with Gasteiger partial charge >= 0.3 is 27.0 Å². The number of fused-ring (bicyclic) bond motifs is 3. The second kappa shape index (κ2) is 22.5. The van der Waals surface area contributed by atoms with Gasteiger partial charge in [0.1, 0.15) is 0 Å². The zero-order valence-electron chi connectivity index (χ0n) is 16.4. The molecule has 3 rings (SSSR count). The third-order valence-electron chi connectivity index (χ3n) is 3.20. The standard InChI is InChI=1S/C13H9N2.2C4H9.CHO.ClH.Pt.Ru.H/c1-9-4-5-11-7-6-10-3-2-8-14-12(10)13(11)15-9;2*1-3-4-2;1-2;;;;/h2-8H,1H2;2*1,3-4H2,2H3;1H;1H;;;/q4*-1;;;+1;/p-1. The Hall–Kier alpha value is -0.818. The normalized spacial score (nSPS) is 8.39. The summed E-state index contributed by atoms with van der Waals surface area (Å²) in [7, 11) is 4.61. The van der Waals surface area contributed by atoms with Gasteiger partial charge in [0, 0.05) is 32.6 Å². The van der Waals surface area contributed by atoms with Crippen LogP contribution in [0.3, 0.4) is 0 Å². The second-order valence-electron chi connectivity index (χ2n) is 5.22. The molecule has 0 fully saturated rings. The molecule has 0 bridgehead atoms. The summed E-state index contributed by atoms with van der Waals surface area (Å²) < 4.78 is 0. The number of nitrogens with zero attached hydrogens (tertiary/aromatic N) is 2. The van der Waals surface area contributed by atoms with Crippen molar-refractivity contribution in [1.82, 2.24) is 9.97 Å². The molecular weight excluding hydrogens is 640 g/mol. The zero-order chi connectivity index (χ0) is 21.1. The summed E-state index contributed by atoms with van der Waals surface area (Å²) in [5, 5.41) is 2.22. The summed E-state index contributed by atoms with van der Waals surface area (Å²) in [6, 6.07) is 12.0. The van der Waals surface area contributed by atoms with Crippen molar-refractivity contribution < 1.29 is 43.2 Å². The number of carbonyl (C=O) groups excluding carboxylic acids is 1. The van der Waals surface area contributed by atoms with Gasteiger partial charge in [-0.2, -0.15) is 18.9 Å². The van der Waals surface area contributed by atoms with Crippen LogP contribution >= 0.6 is 9.69 Å². The molecule has 2 aromatic heterocycles. The Morgan fingerprint density at radius 2 is 1.36 bits per heavy atom. The van der Waals surface area contributed by atoms with Crippen molar-refractivity contribution in [2.75, 3.05) is 0 Å². The van der Waals surface area contributed by atoms with Gasteiger partial charge in [-0.15, -0.1) is 11.8 Å². The number of rotatable bonds is 2. The van der Waals surface area contributed by atoms with Gasteiger partial charge in [-0.05, 0) is 11.5 Å². The van der Waals surface area contributed by atoms with E-state index >= 15 is 0 Å². The molecule has 0 aliphatic rings. The van der Waals surface area contributed by atoms with E-state index in [0.717, 1.165) is 40.3 Å². The van der Waals surface area contributed by atoms with E-state index in [-0.39, 0.29) is 21.1 Å². The maximum absolute atomic E-state index is 7.75. The van der Waals surface area contributed by atoms with Crippen LogP contribution in [-0.2, 0) is 43.2 Å². The average molecular weight is 669 g/mol. The molecule has 3 nitrogen and oxygen atoms in total. The van der Waals surface area contributed by atoms with Crippen LogP contribution in [0.25, 0.3) is 21.8 Å². The van der Waals surface area contributed by atoms with Crippen LogP contribution in [0.5, 0.6) is 0 Å². The summed E-state index contributed by atoms with van der Waals surface area (Å²) in [5.74, 6) is 0. The van der Waals surface area contributed by atoms with Crippen LogP contribution in [0.4, 0.5) is 0 Å². The fourth-order valence-electron chi connectivity index (χ4n) is 1.76. The predicted octanol–water partition coefficient (Wildman–Crippen LogP) is 6.35. The maximum Gasteiger partial charge on any atom is 0 e. The average Bonchev–Trinajstić information content (AvgIpc) is 2.76. The zero-order valence-corrected chi connectivity index (χ0v) is 21.3. The van der Waals surface area contributed by atoms with Crippen LogP contribution in [0.2, 0.25) is 0 Å².